The van der Waals surface area contributed by atoms with Gasteiger partial charge in [-0.3, -0.25) is 4.79 Å². The average molecular weight is 1360 g/mol. The Morgan fingerprint density at radius 1 is 0.385 bits per heavy atom. The highest BCUT2D eigenvalue weighted by atomic mass is 16.8. The van der Waals surface area contributed by atoms with Gasteiger partial charge in [-0.05, 0) is 51.4 Å². The summed E-state index contributed by atoms with van der Waals surface area (Å²) in [6.45, 7) is 1.65. The van der Waals surface area contributed by atoms with Crippen LogP contribution in [0.5, 0.6) is 0 Å². The molecule has 0 aromatic heterocycles. The molecule has 558 valence electrons. The highest BCUT2D eigenvalue weighted by Gasteiger charge is 2.53. The van der Waals surface area contributed by atoms with E-state index in [2.05, 4.69) is 79.9 Å². The second-order valence-corrected chi connectivity index (χ2v) is 27.1. The summed E-state index contributed by atoms with van der Waals surface area (Å²) < 4.78 is 34.4. The molecule has 0 aliphatic carbocycles. The molecule has 0 bridgehead atoms. The smallest absolute Gasteiger partial charge is 0.220 e. The third-order valence-corrected chi connectivity index (χ3v) is 18.8. The molecule has 0 saturated carbocycles. The molecule has 17 unspecified atom stereocenters. The number of unbranched alkanes of at least 4 members (excludes halogenated alkanes) is 31. The summed E-state index contributed by atoms with van der Waals surface area (Å²) in [4.78, 5) is 13.4. The van der Waals surface area contributed by atoms with Crippen LogP contribution in [0, 0.1) is 0 Å². The minimum absolute atomic E-state index is 0.138. The van der Waals surface area contributed by atoms with Crippen LogP contribution in [0.25, 0.3) is 0 Å². The fourth-order valence-corrected chi connectivity index (χ4v) is 12.7. The predicted octanol–water partition coefficient (Wildman–Crippen LogP) is 11.7. The first kappa shape index (κ1) is 87.4. The van der Waals surface area contributed by atoms with Gasteiger partial charge < -0.3 is 89.9 Å². The van der Waals surface area contributed by atoms with Crippen molar-refractivity contribution in [2.24, 2.45) is 0 Å². The van der Waals surface area contributed by atoms with Gasteiger partial charge in [0.15, 0.2) is 18.9 Å². The van der Waals surface area contributed by atoms with E-state index < -0.39 is 124 Å². The minimum Gasteiger partial charge on any atom is -0.394 e. The van der Waals surface area contributed by atoms with Gasteiger partial charge in [0, 0.05) is 6.42 Å². The zero-order valence-electron chi connectivity index (χ0n) is 59.3. The van der Waals surface area contributed by atoms with Crippen molar-refractivity contribution in [2.75, 3.05) is 26.4 Å². The van der Waals surface area contributed by atoms with Gasteiger partial charge in [-0.2, -0.15) is 0 Å². The Balaban J connectivity index is 1.38. The SMILES string of the molecule is CC/C=C\C/C=C\C/C=C\C/C=C\C/C=C\C/C=C\CCC(=O)NC(COC1OC(CO)C(OC2OC(CO)C(OC3OC(CO)C(O)C(O)C3O)C(O)C2O)C(O)C1O)C(O)CCCCCCCCCCCCCCCCCCCCCCCCCCCCCCCCCC. The van der Waals surface area contributed by atoms with E-state index in [4.69, 9.17) is 28.4 Å². The number of ether oxygens (including phenoxy) is 6. The summed E-state index contributed by atoms with van der Waals surface area (Å²) in [6, 6.07) is -0.934. The van der Waals surface area contributed by atoms with Gasteiger partial charge in [0.05, 0.1) is 38.6 Å². The van der Waals surface area contributed by atoms with Gasteiger partial charge in [-0.1, -0.05) is 292 Å². The second-order valence-electron chi connectivity index (χ2n) is 27.1. The first-order chi connectivity index (χ1) is 46.8. The Morgan fingerprint density at radius 3 is 1.06 bits per heavy atom. The van der Waals surface area contributed by atoms with Crippen LogP contribution in [0.15, 0.2) is 72.9 Å². The number of rotatable bonds is 59. The van der Waals surface area contributed by atoms with Gasteiger partial charge >= 0.3 is 0 Å². The lowest BCUT2D eigenvalue weighted by Gasteiger charge is -2.48. The molecule has 0 aromatic rings. The van der Waals surface area contributed by atoms with E-state index in [9.17, 15) is 61.0 Å². The topological polar surface area (TPSA) is 307 Å². The number of hydrogen-bond acceptors (Lipinski definition) is 18. The van der Waals surface area contributed by atoms with E-state index in [0.717, 1.165) is 51.4 Å². The summed E-state index contributed by atoms with van der Waals surface area (Å²) in [5, 5.41) is 121. The number of carbonyl (C=O) groups excluding carboxylic acids is 1. The second kappa shape index (κ2) is 57.8. The quantitative estimate of drug-likeness (QED) is 0.0199. The van der Waals surface area contributed by atoms with Gasteiger partial charge in [-0.15, -0.1) is 0 Å². The van der Waals surface area contributed by atoms with Crippen LogP contribution in [0.2, 0.25) is 0 Å². The van der Waals surface area contributed by atoms with Crippen molar-refractivity contribution >= 4 is 5.91 Å². The van der Waals surface area contributed by atoms with Crippen LogP contribution in [0.1, 0.15) is 277 Å². The number of amides is 1. The van der Waals surface area contributed by atoms with Crippen LogP contribution in [-0.2, 0) is 33.2 Å². The third kappa shape index (κ3) is 38.3. The average Bonchev–Trinajstić information content (AvgIpc) is 0.798. The number of allylic oxidation sites excluding steroid dienone is 12. The van der Waals surface area contributed by atoms with Crippen LogP contribution in [0.3, 0.4) is 0 Å². The molecule has 3 saturated heterocycles. The molecule has 1 amide bonds. The van der Waals surface area contributed by atoms with E-state index in [1.54, 1.807) is 0 Å². The Hall–Kier alpha value is -2.77. The standard InChI is InChI=1S/C77H137NO18/c1-3-5-7-9-11-13-15-17-19-21-23-24-25-26-27-28-29-30-31-32-33-34-35-37-38-40-42-44-46-48-50-52-54-61(82)60(78-65(83)55-53-51-49-47-45-43-41-39-36-22-20-18-16-14-12-10-8-6-4-2)59-91-75-71(89)68(86)73(63(57-80)93-75)96-77-72(90)69(87)74(64(58-81)94-77)95-76-70(88)67(85)66(84)62(56-79)92-76/h6,8,12,14,18,20,36,39,43,45,49,51,60-64,66-77,79-82,84-90H,3-5,7,9-11,13,15-17,19,21-35,37-38,40-42,44,46-48,50,52-59H2,1-2H3,(H,78,83)/b8-6-,14-12-,20-18-,39-36-,45-43-,51-49-. The highest BCUT2D eigenvalue weighted by Crippen LogP contribution is 2.33. The van der Waals surface area contributed by atoms with E-state index in [1.165, 1.54) is 180 Å². The van der Waals surface area contributed by atoms with E-state index in [-0.39, 0.29) is 18.9 Å². The Labute approximate surface area is 578 Å². The zero-order valence-corrected chi connectivity index (χ0v) is 59.3. The first-order valence-electron chi connectivity index (χ1n) is 38.2. The third-order valence-electron chi connectivity index (χ3n) is 18.8. The van der Waals surface area contributed by atoms with Crippen molar-refractivity contribution in [1.29, 1.82) is 0 Å². The van der Waals surface area contributed by atoms with Crippen LogP contribution < -0.4 is 5.32 Å². The molecule has 3 rings (SSSR count). The normalized spacial score (nSPS) is 27.4. The number of aliphatic hydroxyl groups is 11. The molecular formula is C77H137NO18. The molecule has 17 atom stereocenters. The Bertz CT molecular complexity index is 2020. The Morgan fingerprint density at radius 2 is 0.698 bits per heavy atom. The van der Waals surface area contributed by atoms with Crippen molar-refractivity contribution in [3.05, 3.63) is 72.9 Å². The van der Waals surface area contributed by atoms with Crippen molar-refractivity contribution < 1.29 is 89.4 Å². The molecule has 3 fully saturated rings. The monoisotopic (exact) mass is 1360 g/mol. The highest BCUT2D eigenvalue weighted by molar-refractivity contribution is 5.76. The van der Waals surface area contributed by atoms with Gasteiger partial charge in [0.1, 0.15) is 73.2 Å². The van der Waals surface area contributed by atoms with Crippen LogP contribution >= 0.6 is 0 Å². The van der Waals surface area contributed by atoms with Crippen LogP contribution in [-0.4, -0.2) is 193 Å². The molecule has 96 heavy (non-hydrogen) atoms. The molecule has 19 nitrogen and oxygen atoms in total. The fraction of sp³-hybridized carbons (Fsp3) is 0.831. The maximum atomic E-state index is 13.4. The molecule has 3 heterocycles. The number of nitrogens with one attached hydrogen (secondary N) is 1. The summed E-state index contributed by atoms with van der Waals surface area (Å²) in [6.07, 6.45) is 47.3. The molecular weight excluding hydrogens is 1230 g/mol. The van der Waals surface area contributed by atoms with Crippen LogP contribution in [0.4, 0.5) is 0 Å². The lowest BCUT2D eigenvalue weighted by molar-refractivity contribution is -0.379. The number of hydrogen-bond donors (Lipinski definition) is 12. The largest absolute Gasteiger partial charge is 0.394 e. The first-order valence-corrected chi connectivity index (χ1v) is 38.2. The van der Waals surface area contributed by atoms with E-state index in [1.807, 2.05) is 12.2 Å². The molecule has 3 aliphatic rings. The molecule has 0 aromatic carbocycles. The lowest BCUT2D eigenvalue weighted by Crippen LogP contribution is -2.66. The van der Waals surface area contributed by atoms with Gasteiger partial charge in [0.25, 0.3) is 0 Å². The van der Waals surface area contributed by atoms with Crippen molar-refractivity contribution in [1.82, 2.24) is 5.32 Å². The van der Waals surface area contributed by atoms with Crippen molar-refractivity contribution in [3.8, 4) is 0 Å². The van der Waals surface area contributed by atoms with Gasteiger partial charge in [-0.25, -0.2) is 0 Å². The summed E-state index contributed by atoms with van der Waals surface area (Å²) in [5.41, 5.74) is 0. The van der Waals surface area contributed by atoms with E-state index >= 15 is 0 Å². The predicted molar refractivity (Wildman–Crippen MR) is 378 cm³/mol. The zero-order chi connectivity index (χ0) is 69.6. The molecule has 3 aliphatic heterocycles. The van der Waals surface area contributed by atoms with Gasteiger partial charge in [0.2, 0.25) is 5.91 Å². The number of aliphatic hydroxyl groups excluding tert-OH is 11. The maximum absolute atomic E-state index is 13.4. The minimum atomic E-state index is -1.98. The summed E-state index contributed by atoms with van der Waals surface area (Å²) >= 11 is 0. The maximum Gasteiger partial charge on any atom is 0.220 e. The molecule has 0 spiro atoms. The lowest BCUT2D eigenvalue weighted by atomic mass is 9.96. The molecule has 0 radical (unpaired) electrons. The van der Waals surface area contributed by atoms with Crippen molar-refractivity contribution in [3.63, 3.8) is 0 Å². The molecule has 12 N–H and O–H groups in total. The van der Waals surface area contributed by atoms with E-state index in [0.29, 0.717) is 25.7 Å². The summed E-state index contributed by atoms with van der Waals surface area (Å²) in [7, 11) is 0. The fourth-order valence-electron chi connectivity index (χ4n) is 12.7. The van der Waals surface area contributed by atoms with Crippen molar-refractivity contribution in [2.45, 2.75) is 381 Å². The summed E-state index contributed by atoms with van der Waals surface area (Å²) in [5.74, 6) is -0.324. The number of carbonyl (C=O) groups is 1. The molecule has 19 heteroatoms. The Kier molecular flexibility index (Phi) is 52.7.